The van der Waals surface area contributed by atoms with Crippen molar-refractivity contribution in [3.8, 4) is 12.1 Å². The Kier molecular flexibility index (Phi) is 6.70. The molecule has 0 atom stereocenters. The summed E-state index contributed by atoms with van der Waals surface area (Å²) in [6.45, 7) is 5.31. The van der Waals surface area contributed by atoms with Crippen LogP contribution >= 0.6 is 0 Å². The summed E-state index contributed by atoms with van der Waals surface area (Å²) in [5.74, 6) is -0.0809. The highest BCUT2D eigenvalue weighted by molar-refractivity contribution is 6.06. The van der Waals surface area contributed by atoms with E-state index in [1.807, 2.05) is 32.1 Å². The molecule has 178 valence electrons. The summed E-state index contributed by atoms with van der Waals surface area (Å²) in [6, 6.07) is 7.79. The molecule has 0 saturated carbocycles. The van der Waals surface area contributed by atoms with Gasteiger partial charge in [-0.25, -0.2) is 5.43 Å². The molecule has 2 aromatic heterocycles. The second-order valence-electron chi connectivity index (χ2n) is 8.67. The molecule has 4 rings (SSSR count). The van der Waals surface area contributed by atoms with Crippen LogP contribution in [0, 0.1) is 43.4 Å². The molecule has 0 fully saturated rings. The van der Waals surface area contributed by atoms with Gasteiger partial charge in [-0.05, 0) is 50.8 Å². The van der Waals surface area contributed by atoms with E-state index in [1.165, 1.54) is 0 Å². The molecular formula is C26H25N5O4. The topological polar surface area (TPSA) is 136 Å². The average molecular weight is 472 g/mol. The van der Waals surface area contributed by atoms with E-state index in [1.54, 1.807) is 13.2 Å². The number of carbonyl (C=O) groups is 2. The molecule has 2 heterocycles. The monoisotopic (exact) mass is 471 g/mol. The van der Waals surface area contributed by atoms with Gasteiger partial charge in [0.25, 0.3) is 5.91 Å². The fraction of sp³-hybridized carbons (Fsp3) is 0.346. The van der Waals surface area contributed by atoms with Crippen molar-refractivity contribution in [1.82, 2.24) is 10.3 Å². The first-order valence-corrected chi connectivity index (χ1v) is 11.3. The number of fused-ring (bicyclic) bond motifs is 2. The maximum atomic E-state index is 12.9. The highest BCUT2D eigenvalue weighted by Crippen LogP contribution is 2.31. The van der Waals surface area contributed by atoms with E-state index >= 15 is 0 Å². The summed E-state index contributed by atoms with van der Waals surface area (Å²) in [7, 11) is 0. The first-order valence-electron chi connectivity index (χ1n) is 11.3. The molecule has 1 aliphatic rings. The third-order valence-corrected chi connectivity index (χ3v) is 6.09. The van der Waals surface area contributed by atoms with E-state index < -0.39 is 5.91 Å². The van der Waals surface area contributed by atoms with Crippen LogP contribution in [-0.4, -0.2) is 35.5 Å². The first-order chi connectivity index (χ1) is 16.8. The lowest BCUT2D eigenvalue weighted by Crippen LogP contribution is -2.32. The Morgan fingerprint density at radius 1 is 1.14 bits per heavy atom. The zero-order valence-corrected chi connectivity index (χ0v) is 19.9. The van der Waals surface area contributed by atoms with Crippen molar-refractivity contribution in [2.24, 2.45) is 5.10 Å². The van der Waals surface area contributed by atoms with Gasteiger partial charge in [-0.15, -0.1) is 0 Å². The van der Waals surface area contributed by atoms with Crippen molar-refractivity contribution in [3.63, 3.8) is 0 Å². The van der Waals surface area contributed by atoms with E-state index in [-0.39, 0.29) is 31.2 Å². The number of rotatable bonds is 6. The lowest BCUT2D eigenvalue weighted by atomic mass is 9.93. The van der Waals surface area contributed by atoms with Gasteiger partial charge in [-0.3, -0.25) is 9.59 Å². The molecule has 0 aliphatic heterocycles. The maximum Gasteiger partial charge on any atom is 0.291 e. The van der Waals surface area contributed by atoms with Crippen molar-refractivity contribution in [2.45, 2.75) is 46.5 Å². The summed E-state index contributed by atoms with van der Waals surface area (Å²) < 4.78 is 11.5. The quantitative estimate of drug-likeness (QED) is 0.428. The Balaban J connectivity index is 1.55. The zero-order valence-electron chi connectivity index (χ0n) is 19.9. The second kappa shape index (κ2) is 9.86. The SMILES string of the molecule is Cc1cc(C)c2c(CC(=O)N/N=C3\CCCc4oc(C(=O)N(CC#N)CC#N)c(C)c43)coc2c1. The third-order valence-electron chi connectivity index (χ3n) is 6.09. The average Bonchev–Trinajstić information content (AvgIpc) is 3.38. The number of nitrogens with zero attached hydrogens (tertiary/aromatic N) is 4. The second-order valence-corrected chi connectivity index (χ2v) is 8.67. The van der Waals surface area contributed by atoms with Crippen LogP contribution in [0.4, 0.5) is 0 Å². The molecular weight excluding hydrogens is 446 g/mol. The summed E-state index contributed by atoms with van der Waals surface area (Å²) in [4.78, 5) is 26.7. The first kappa shape index (κ1) is 23.8. The van der Waals surface area contributed by atoms with E-state index in [0.717, 1.165) is 39.0 Å². The fourth-order valence-corrected chi connectivity index (χ4v) is 4.60. The van der Waals surface area contributed by atoms with Crippen LogP contribution in [0.1, 0.15) is 57.0 Å². The van der Waals surface area contributed by atoms with E-state index in [9.17, 15) is 9.59 Å². The third kappa shape index (κ3) is 4.67. The largest absolute Gasteiger partial charge is 0.464 e. The number of carbonyl (C=O) groups excluding carboxylic acids is 2. The Morgan fingerprint density at radius 2 is 1.89 bits per heavy atom. The van der Waals surface area contributed by atoms with E-state index in [0.29, 0.717) is 35.4 Å². The van der Waals surface area contributed by atoms with Crippen molar-refractivity contribution < 1.29 is 18.4 Å². The lowest BCUT2D eigenvalue weighted by molar-refractivity contribution is -0.120. The van der Waals surface area contributed by atoms with Crippen LogP contribution in [0.5, 0.6) is 0 Å². The van der Waals surface area contributed by atoms with Gasteiger partial charge in [0.2, 0.25) is 5.91 Å². The van der Waals surface area contributed by atoms with Gasteiger partial charge in [-0.2, -0.15) is 15.6 Å². The van der Waals surface area contributed by atoms with Gasteiger partial charge >= 0.3 is 0 Å². The normalized spacial score (nSPS) is 13.8. The maximum absolute atomic E-state index is 12.9. The van der Waals surface area contributed by atoms with E-state index in [2.05, 4.69) is 16.6 Å². The van der Waals surface area contributed by atoms with Crippen LogP contribution in [0.15, 0.2) is 32.3 Å². The minimum atomic E-state index is -0.513. The van der Waals surface area contributed by atoms with E-state index in [4.69, 9.17) is 19.4 Å². The van der Waals surface area contributed by atoms with Gasteiger partial charge < -0.3 is 13.7 Å². The Hall–Kier alpha value is -4.37. The predicted octanol–water partition coefficient (Wildman–Crippen LogP) is 3.84. The number of aryl methyl sites for hydroxylation is 3. The summed E-state index contributed by atoms with van der Waals surface area (Å²) >= 11 is 0. The molecule has 2 amide bonds. The number of furan rings is 2. The number of nitriles is 2. The number of benzene rings is 1. The molecule has 0 saturated heterocycles. The van der Waals surface area contributed by atoms with Gasteiger partial charge in [0, 0.05) is 28.5 Å². The summed E-state index contributed by atoms with van der Waals surface area (Å²) in [5, 5.41) is 23.3. The minimum absolute atomic E-state index is 0.0945. The number of nitrogens with one attached hydrogen (secondary N) is 1. The van der Waals surface area contributed by atoms with Crippen LogP contribution in [0.2, 0.25) is 0 Å². The van der Waals surface area contributed by atoms with Gasteiger partial charge in [0.05, 0.1) is 30.5 Å². The Bertz CT molecular complexity index is 1410. The Morgan fingerprint density at radius 3 is 2.60 bits per heavy atom. The Labute approximate surface area is 202 Å². The van der Waals surface area contributed by atoms with Gasteiger partial charge in [0.15, 0.2) is 5.76 Å². The molecule has 1 N–H and O–H groups in total. The van der Waals surface area contributed by atoms with Gasteiger partial charge in [0.1, 0.15) is 24.4 Å². The van der Waals surface area contributed by atoms with Gasteiger partial charge in [-0.1, -0.05) is 6.07 Å². The molecule has 1 aliphatic carbocycles. The molecule has 1 aromatic carbocycles. The summed E-state index contributed by atoms with van der Waals surface area (Å²) in [5.41, 5.74) is 8.25. The van der Waals surface area contributed by atoms with Crippen molar-refractivity contribution in [1.29, 1.82) is 10.5 Å². The van der Waals surface area contributed by atoms with Crippen LogP contribution in [-0.2, 0) is 17.6 Å². The van der Waals surface area contributed by atoms with Crippen molar-refractivity contribution >= 4 is 28.5 Å². The number of hydrogen-bond donors (Lipinski definition) is 1. The molecule has 0 radical (unpaired) electrons. The molecule has 9 nitrogen and oxygen atoms in total. The molecule has 9 heteroatoms. The molecule has 0 spiro atoms. The molecule has 0 unspecified atom stereocenters. The molecule has 35 heavy (non-hydrogen) atoms. The molecule has 0 bridgehead atoms. The number of hydrogen-bond acceptors (Lipinski definition) is 7. The zero-order chi connectivity index (χ0) is 25.1. The number of amides is 2. The summed E-state index contributed by atoms with van der Waals surface area (Å²) in [6.07, 6.45) is 3.73. The highest BCUT2D eigenvalue weighted by Gasteiger charge is 2.30. The van der Waals surface area contributed by atoms with Crippen LogP contribution in [0.3, 0.4) is 0 Å². The predicted molar refractivity (Wildman–Crippen MR) is 128 cm³/mol. The van der Waals surface area contributed by atoms with Crippen LogP contribution in [0.25, 0.3) is 11.0 Å². The van der Waals surface area contributed by atoms with Crippen LogP contribution < -0.4 is 5.43 Å². The number of hydrazone groups is 1. The highest BCUT2D eigenvalue weighted by atomic mass is 16.4. The lowest BCUT2D eigenvalue weighted by Gasteiger charge is -2.14. The van der Waals surface area contributed by atoms with Crippen molar-refractivity contribution in [2.75, 3.05) is 13.1 Å². The smallest absolute Gasteiger partial charge is 0.291 e. The fourth-order valence-electron chi connectivity index (χ4n) is 4.60. The minimum Gasteiger partial charge on any atom is -0.464 e. The standard InChI is InChI=1S/C26H25N5O4/c1-15-11-16(2)23-18(14-34-21(23)12-15)13-22(32)30-29-19-5-4-6-20-24(19)17(3)25(35-20)26(33)31(9-7-27)10-8-28/h11-12,14H,4-6,9-10,13H2,1-3H3,(H,30,32)/b29-19+. The molecule has 3 aromatic rings. The van der Waals surface area contributed by atoms with Crippen molar-refractivity contribution in [3.05, 3.63) is 57.7 Å².